The Morgan fingerprint density at radius 2 is 1.57 bits per heavy atom. The summed E-state index contributed by atoms with van der Waals surface area (Å²) in [5, 5.41) is 3.91. The molecule has 21 heavy (non-hydrogen) atoms. The molecule has 0 aliphatic heterocycles. The fraction of sp³-hybridized carbons (Fsp3) is 1.00. The van der Waals surface area contributed by atoms with Gasteiger partial charge >= 0.3 is 0 Å². The SMILES string of the molecule is CCCCCCCCC(NCCC)C1CCCCC1CC. The van der Waals surface area contributed by atoms with E-state index in [1.54, 1.807) is 0 Å². The molecule has 1 aliphatic rings. The molecule has 0 radical (unpaired) electrons. The van der Waals surface area contributed by atoms with E-state index in [4.69, 9.17) is 0 Å². The van der Waals surface area contributed by atoms with Gasteiger partial charge in [-0.25, -0.2) is 0 Å². The lowest BCUT2D eigenvalue weighted by Crippen LogP contribution is -2.41. The summed E-state index contributed by atoms with van der Waals surface area (Å²) in [4.78, 5) is 0. The van der Waals surface area contributed by atoms with Gasteiger partial charge < -0.3 is 5.32 Å². The average Bonchev–Trinajstić information content (AvgIpc) is 2.53. The predicted octanol–water partition coefficient (Wildman–Crippen LogP) is 6.32. The number of unbranched alkanes of at least 4 members (excludes halogenated alkanes) is 5. The van der Waals surface area contributed by atoms with Crippen LogP contribution in [-0.4, -0.2) is 12.6 Å². The highest BCUT2D eigenvalue weighted by molar-refractivity contribution is 4.84. The molecule has 0 bridgehead atoms. The van der Waals surface area contributed by atoms with E-state index in [1.807, 2.05) is 0 Å². The maximum absolute atomic E-state index is 3.91. The first-order valence-electron chi connectivity index (χ1n) is 10.1. The summed E-state index contributed by atoms with van der Waals surface area (Å²) in [6, 6.07) is 0.807. The van der Waals surface area contributed by atoms with Gasteiger partial charge in [-0.15, -0.1) is 0 Å². The average molecular weight is 296 g/mol. The van der Waals surface area contributed by atoms with Crippen LogP contribution >= 0.6 is 0 Å². The van der Waals surface area contributed by atoms with E-state index in [0.29, 0.717) is 0 Å². The van der Waals surface area contributed by atoms with Crippen molar-refractivity contribution in [3.63, 3.8) is 0 Å². The molecule has 0 aromatic heterocycles. The minimum atomic E-state index is 0.807. The molecule has 1 fully saturated rings. The highest BCUT2D eigenvalue weighted by atomic mass is 14.9. The summed E-state index contributed by atoms with van der Waals surface area (Å²) in [5.74, 6) is 1.96. The van der Waals surface area contributed by atoms with Gasteiger partial charge in [-0.1, -0.05) is 85.0 Å². The molecule has 0 amide bonds. The fourth-order valence-corrected chi connectivity index (χ4v) is 4.21. The third kappa shape index (κ3) is 7.68. The van der Waals surface area contributed by atoms with Crippen molar-refractivity contribution in [2.24, 2.45) is 11.8 Å². The van der Waals surface area contributed by atoms with Crippen molar-refractivity contribution in [1.29, 1.82) is 0 Å². The molecule has 3 atom stereocenters. The Morgan fingerprint density at radius 3 is 2.29 bits per heavy atom. The van der Waals surface area contributed by atoms with E-state index in [0.717, 1.165) is 17.9 Å². The van der Waals surface area contributed by atoms with Crippen molar-refractivity contribution in [3.05, 3.63) is 0 Å². The highest BCUT2D eigenvalue weighted by Crippen LogP contribution is 2.36. The first kappa shape index (κ1) is 19.0. The Hall–Kier alpha value is -0.0400. The number of hydrogen-bond acceptors (Lipinski definition) is 1. The van der Waals surface area contributed by atoms with Gasteiger partial charge in [0.15, 0.2) is 0 Å². The van der Waals surface area contributed by atoms with Gasteiger partial charge in [-0.3, -0.25) is 0 Å². The van der Waals surface area contributed by atoms with E-state index in [-0.39, 0.29) is 0 Å². The molecule has 1 N–H and O–H groups in total. The molecule has 0 saturated heterocycles. The lowest BCUT2D eigenvalue weighted by Gasteiger charge is -2.37. The molecule has 1 aliphatic carbocycles. The lowest BCUT2D eigenvalue weighted by atomic mass is 9.73. The molecule has 0 spiro atoms. The quantitative estimate of drug-likeness (QED) is 0.415. The van der Waals surface area contributed by atoms with Gasteiger partial charge in [-0.2, -0.15) is 0 Å². The summed E-state index contributed by atoms with van der Waals surface area (Å²) in [5.41, 5.74) is 0. The first-order valence-corrected chi connectivity index (χ1v) is 10.1. The second-order valence-corrected chi connectivity index (χ2v) is 7.23. The van der Waals surface area contributed by atoms with Crippen LogP contribution in [0.5, 0.6) is 0 Å². The largest absolute Gasteiger partial charge is 0.314 e. The number of hydrogen-bond donors (Lipinski definition) is 1. The molecule has 1 nitrogen and oxygen atoms in total. The monoisotopic (exact) mass is 295 g/mol. The maximum Gasteiger partial charge on any atom is 0.00979 e. The Morgan fingerprint density at radius 1 is 0.857 bits per heavy atom. The van der Waals surface area contributed by atoms with Gasteiger partial charge in [-0.05, 0) is 37.6 Å². The number of rotatable bonds is 12. The van der Waals surface area contributed by atoms with E-state index in [1.165, 1.54) is 90.0 Å². The van der Waals surface area contributed by atoms with E-state index in [9.17, 15) is 0 Å². The topological polar surface area (TPSA) is 12.0 Å². The molecule has 126 valence electrons. The zero-order chi connectivity index (χ0) is 15.3. The van der Waals surface area contributed by atoms with Gasteiger partial charge in [0.1, 0.15) is 0 Å². The second-order valence-electron chi connectivity index (χ2n) is 7.23. The van der Waals surface area contributed by atoms with Gasteiger partial charge in [0.2, 0.25) is 0 Å². The van der Waals surface area contributed by atoms with Gasteiger partial charge in [0, 0.05) is 6.04 Å². The van der Waals surface area contributed by atoms with Crippen molar-refractivity contribution >= 4 is 0 Å². The summed E-state index contributed by atoms with van der Waals surface area (Å²) in [7, 11) is 0. The van der Waals surface area contributed by atoms with Crippen LogP contribution in [-0.2, 0) is 0 Å². The Bertz CT molecular complexity index is 226. The molecule has 0 aromatic rings. The van der Waals surface area contributed by atoms with Crippen LogP contribution in [0.1, 0.15) is 104 Å². The molecule has 1 rings (SSSR count). The molecule has 1 heteroatoms. The third-order valence-electron chi connectivity index (χ3n) is 5.53. The van der Waals surface area contributed by atoms with Crippen LogP contribution in [0.15, 0.2) is 0 Å². The summed E-state index contributed by atoms with van der Waals surface area (Å²) in [6.45, 7) is 8.23. The van der Waals surface area contributed by atoms with Crippen LogP contribution < -0.4 is 5.32 Å². The first-order chi connectivity index (χ1) is 10.3. The Kier molecular flexibility index (Phi) is 11.3. The van der Waals surface area contributed by atoms with Crippen LogP contribution in [0.3, 0.4) is 0 Å². The predicted molar refractivity (Wildman–Crippen MR) is 95.8 cm³/mol. The van der Waals surface area contributed by atoms with Crippen LogP contribution in [0.4, 0.5) is 0 Å². The fourth-order valence-electron chi connectivity index (χ4n) is 4.21. The molecule has 0 aromatic carbocycles. The summed E-state index contributed by atoms with van der Waals surface area (Å²) < 4.78 is 0. The minimum Gasteiger partial charge on any atom is -0.314 e. The minimum absolute atomic E-state index is 0.807. The lowest BCUT2D eigenvalue weighted by molar-refractivity contribution is 0.167. The Labute approximate surface area is 134 Å². The maximum atomic E-state index is 3.91. The Balaban J connectivity index is 2.35. The van der Waals surface area contributed by atoms with E-state index in [2.05, 4.69) is 26.1 Å². The van der Waals surface area contributed by atoms with Crippen molar-refractivity contribution < 1.29 is 0 Å². The summed E-state index contributed by atoms with van der Waals surface area (Å²) >= 11 is 0. The zero-order valence-electron chi connectivity index (χ0n) is 15.1. The molecule has 1 saturated carbocycles. The summed E-state index contributed by atoms with van der Waals surface area (Å²) in [6.07, 6.45) is 18.6. The van der Waals surface area contributed by atoms with E-state index < -0.39 is 0 Å². The standard InChI is InChI=1S/C20H41N/c1-4-7-8-9-10-11-16-20(21-17-5-2)19-15-13-12-14-18(19)6-3/h18-21H,4-17H2,1-3H3. The van der Waals surface area contributed by atoms with Crippen LogP contribution in [0.2, 0.25) is 0 Å². The highest BCUT2D eigenvalue weighted by Gasteiger charge is 2.29. The zero-order valence-corrected chi connectivity index (χ0v) is 15.1. The van der Waals surface area contributed by atoms with Crippen molar-refractivity contribution in [3.8, 4) is 0 Å². The molecule has 3 unspecified atom stereocenters. The van der Waals surface area contributed by atoms with Gasteiger partial charge in [0.25, 0.3) is 0 Å². The molecular formula is C20H41N. The van der Waals surface area contributed by atoms with Crippen molar-refractivity contribution in [1.82, 2.24) is 5.32 Å². The van der Waals surface area contributed by atoms with Crippen LogP contribution in [0.25, 0.3) is 0 Å². The van der Waals surface area contributed by atoms with Gasteiger partial charge in [0.05, 0.1) is 0 Å². The molecule has 0 heterocycles. The second kappa shape index (κ2) is 12.5. The third-order valence-corrected chi connectivity index (χ3v) is 5.53. The molecular weight excluding hydrogens is 254 g/mol. The van der Waals surface area contributed by atoms with E-state index >= 15 is 0 Å². The smallest absolute Gasteiger partial charge is 0.00979 e. The van der Waals surface area contributed by atoms with Crippen molar-refractivity contribution in [2.75, 3.05) is 6.54 Å². The number of nitrogens with one attached hydrogen (secondary N) is 1. The normalized spacial score (nSPS) is 24.1. The van der Waals surface area contributed by atoms with Crippen molar-refractivity contribution in [2.45, 2.75) is 110 Å². The van der Waals surface area contributed by atoms with Crippen LogP contribution in [0, 0.1) is 11.8 Å².